The number of amides is 1. The van der Waals surface area contributed by atoms with Gasteiger partial charge in [0.1, 0.15) is 5.76 Å². The first-order chi connectivity index (χ1) is 16.5. The molecule has 4 nitrogen and oxygen atoms in total. The maximum atomic E-state index is 13.3. The zero-order valence-corrected chi connectivity index (χ0v) is 19.6. The SMILES string of the molecule is CC(C)c1ccc(N2C(=O)C(=O)/C(=C(\O)c3ccc4c(c3)CCCC4)C2c2ccccc2)cc1. The molecule has 1 unspecified atom stereocenters. The normalized spacial score (nSPS) is 19.5. The van der Waals surface area contributed by atoms with Gasteiger partial charge < -0.3 is 5.11 Å². The summed E-state index contributed by atoms with van der Waals surface area (Å²) in [4.78, 5) is 28.2. The lowest BCUT2D eigenvalue weighted by Crippen LogP contribution is -2.29. The van der Waals surface area contributed by atoms with Crippen LogP contribution in [0, 0.1) is 0 Å². The van der Waals surface area contributed by atoms with Crippen molar-refractivity contribution in [3.63, 3.8) is 0 Å². The minimum Gasteiger partial charge on any atom is -0.507 e. The van der Waals surface area contributed by atoms with E-state index in [2.05, 4.69) is 13.8 Å². The summed E-state index contributed by atoms with van der Waals surface area (Å²) >= 11 is 0. The van der Waals surface area contributed by atoms with Gasteiger partial charge in [0, 0.05) is 11.3 Å². The Bertz CT molecular complexity index is 1270. The van der Waals surface area contributed by atoms with E-state index in [4.69, 9.17) is 0 Å². The van der Waals surface area contributed by atoms with E-state index in [1.807, 2.05) is 72.8 Å². The van der Waals surface area contributed by atoms with Crippen LogP contribution >= 0.6 is 0 Å². The maximum Gasteiger partial charge on any atom is 0.300 e. The van der Waals surface area contributed by atoms with E-state index in [9.17, 15) is 14.7 Å². The van der Waals surface area contributed by atoms with Crippen molar-refractivity contribution in [3.8, 4) is 0 Å². The van der Waals surface area contributed by atoms with Crippen molar-refractivity contribution in [2.24, 2.45) is 0 Å². The van der Waals surface area contributed by atoms with Crippen LogP contribution in [0.2, 0.25) is 0 Å². The molecule has 5 rings (SSSR count). The van der Waals surface area contributed by atoms with Gasteiger partial charge in [-0.2, -0.15) is 0 Å². The van der Waals surface area contributed by atoms with Crippen molar-refractivity contribution in [2.75, 3.05) is 4.90 Å². The summed E-state index contributed by atoms with van der Waals surface area (Å²) in [6.45, 7) is 4.23. The van der Waals surface area contributed by atoms with Crippen LogP contribution in [0.3, 0.4) is 0 Å². The Hall–Kier alpha value is -3.66. The van der Waals surface area contributed by atoms with Crippen LogP contribution in [0.1, 0.15) is 66.5 Å². The number of aryl methyl sites for hydroxylation is 2. The van der Waals surface area contributed by atoms with Gasteiger partial charge in [-0.05, 0) is 72.1 Å². The number of anilines is 1. The first kappa shape index (κ1) is 22.1. The van der Waals surface area contributed by atoms with E-state index in [0.717, 1.165) is 30.4 Å². The molecule has 1 N–H and O–H groups in total. The Morgan fingerprint density at radius 2 is 1.56 bits per heavy atom. The lowest BCUT2D eigenvalue weighted by molar-refractivity contribution is -0.132. The zero-order chi connectivity index (χ0) is 23.8. The topological polar surface area (TPSA) is 57.6 Å². The molecule has 34 heavy (non-hydrogen) atoms. The summed E-state index contributed by atoms with van der Waals surface area (Å²) in [6, 6.07) is 22.4. The van der Waals surface area contributed by atoms with Crippen molar-refractivity contribution in [1.82, 2.24) is 0 Å². The molecular formula is C30H29NO3. The summed E-state index contributed by atoms with van der Waals surface area (Å²) in [5.74, 6) is -1.03. The third-order valence-corrected chi connectivity index (χ3v) is 7.02. The second-order valence-corrected chi connectivity index (χ2v) is 9.52. The number of fused-ring (bicyclic) bond motifs is 1. The fraction of sp³-hybridized carbons (Fsp3) is 0.267. The molecule has 1 saturated heterocycles. The standard InChI is InChI=1S/C30H29NO3/c1-19(2)20-14-16-25(17-15-20)31-27(22-9-4-3-5-10-22)26(29(33)30(31)34)28(32)24-13-12-21-8-6-7-11-23(21)18-24/h3-5,9-10,12-19,27,32H,6-8,11H2,1-2H3/b28-26-. The summed E-state index contributed by atoms with van der Waals surface area (Å²) in [5.41, 5.74) is 5.83. The fourth-order valence-electron chi connectivity index (χ4n) is 5.11. The molecule has 172 valence electrons. The Balaban J connectivity index is 1.65. The van der Waals surface area contributed by atoms with Crippen LogP contribution in [0.15, 0.2) is 78.4 Å². The highest BCUT2D eigenvalue weighted by Crippen LogP contribution is 2.42. The molecule has 2 aliphatic rings. The summed E-state index contributed by atoms with van der Waals surface area (Å²) in [7, 11) is 0. The molecular weight excluding hydrogens is 422 g/mol. The minimum atomic E-state index is -0.692. The van der Waals surface area contributed by atoms with Gasteiger partial charge in [0.2, 0.25) is 0 Å². The van der Waals surface area contributed by atoms with Crippen LogP contribution in [-0.2, 0) is 22.4 Å². The van der Waals surface area contributed by atoms with Crippen LogP contribution in [0.5, 0.6) is 0 Å². The molecule has 0 saturated carbocycles. The first-order valence-electron chi connectivity index (χ1n) is 12.0. The third-order valence-electron chi connectivity index (χ3n) is 7.02. The smallest absolute Gasteiger partial charge is 0.300 e. The second-order valence-electron chi connectivity index (χ2n) is 9.52. The number of carbonyl (C=O) groups excluding carboxylic acids is 2. The lowest BCUT2D eigenvalue weighted by Gasteiger charge is -2.26. The number of nitrogens with zero attached hydrogens (tertiary/aromatic N) is 1. The quantitative estimate of drug-likeness (QED) is 0.287. The monoisotopic (exact) mass is 451 g/mol. The van der Waals surface area contributed by atoms with Crippen molar-refractivity contribution < 1.29 is 14.7 Å². The van der Waals surface area contributed by atoms with E-state index in [1.54, 1.807) is 0 Å². The van der Waals surface area contributed by atoms with Crippen LogP contribution in [-0.4, -0.2) is 16.8 Å². The van der Waals surface area contributed by atoms with Crippen molar-refractivity contribution >= 4 is 23.1 Å². The molecule has 0 spiro atoms. The van der Waals surface area contributed by atoms with E-state index in [1.165, 1.54) is 22.4 Å². The van der Waals surface area contributed by atoms with E-state index in [-0.39, 0.29) is 11.3 Å². The van der Waals surface area contributed by atoms with Gasteiger partial charge in [0.05, 0.1) is 11.6 Å². The number of benzene rings is 3. The first-order valence-corrected chi connectivity index (χ1v) is 12.0. The molecule has 0 bridgehead atoms. The zero-order valence-electron chi connectivity index (χ0n) is 19.6. The average Bonchev–Trinajstić information content (AvgIpc) is 3.14. The molecule has 3 aromatic carbocycles. The van der Waals surface area contributed by atoms with Crippen LogP contribution < -0.4 is 4.90 Å². The van der Waals surface area contributed by atoms with Gasteiger partial charge in [-0.15, -0.1) is 0 Å². The van der Waals surface area contributed by atoms with Gasteiger partial charge in [-0.25, -0.2) is 0 Å². The fourth-order valence-corrected chi connectivity index (χ4v) is 5.11. The second kappa shape index (κ2) is 8.94. The largest absolute Gasteiger partial charge is 0.507 e. The number of Topliss-reactive ketones (excluding diaryl/α,β-unsaturated/α-hetero) is 1. The number of ketones is 1. The molecule has 3 aromatic rings. The predicted octanol–water partition coefficient (Wildman–Crippen LogP) is 6.32. The number of hydrogen-bond acceptors (Lipinski definition) is 3. The Labute approximate surface area is 200 Å². The lowest BCUT2D eigenvalue weighted by atomic mass is 9.88. The number of carbonyl (C=O) groups is 2. The highest BCUT2D eigenvalue weighted by Gasteiger charge is 2.46. The molecule has 1 aliphatic heterocycles. The van der Waals surface area contributed by atoms with E-state index >= 15 is 0 Å². The molecule has 1 atom stereocenters. The van der Waals surface area contributed by atoms with Crippen molar-refractivity contribution in [1.29, 1.82) is 0 Å². The highest BCUT2D eigenvalue weighted by molar-refractivity contribution is 6.51. The predicted molar refractivity (Wildman–Crippen MR) is 135 cm³/mol. The molecule has 1 aliphatic carbocycles. The number of rotatable bonds is 4. The van der Waals surface area contributed by atoms with Gasteiger partial charge in [-0.3, -0.25) is 14.5 Å². The number of aliphatic hydroxyl groups excluding tert-OH is 1. The molecule has 1 fully saturated rings. The van der Waals surface area contributed by atoms with Gasteiger partial charge in [0.15, 0.2) is 0 Å². The Kier molecular flexibility index (Phi) is 5.82. The maximum absolute atomic E-state index is 13.3. The third kappa shape index (κ3) is 3.83. The average molecular weight is 452 g/mol. The molecule has 1 heterocycles. The van der Waals surface area contributed by atoms with Crippen LogP contribution in [0.25, 0.3) is 5.76 Å². The van der Waals surface area contributed by atoms with E-state index in [0.29, 0.717) is 17.2 Å². The summed E-state index contributed by atoms with van der Waals surface area (Å²) in [5, 5.41) is 11.4. The number of aliphatic hydroxyl groups is 1. The van der Waals surface area contributed by atoms with Gasteiger partial charge >= 0.3 is 0 Å². The molecule has 4 heteroatoms. The van der Waals surface area contributed by atoms with Crippen molar-refractivity contribution in [3.05, 3.63) is 106 Å². The summed E-state index contributed by atoms with van der Waals surface area (Å²) < 4.78 is 0. The Morgan fingerprint density at radius 3 is 2.24 bits per heavy atom. The minimum absolute atomic E-state index is 0.109. The molecule has 0 radical (unpaired) electrons. The van der Waals surface area contributed by atoms with Gasteiger partial charge in [-0.1, -0.05) is 68.4 Å². The van der Waals surface area contributed by atoms with Gasteiger partial charge in [0.25, 0.3) is 11.7 Å². The van der Waals surface area contributed by atoms with Crippen molar-refractivity contribution in [2.45, 2.75) is 51.5 Å². The number of hydrogen-bond donors (Lipinski definition) is 1. The Morgan fingerprint density at radius 1 is 0.882 bits per heavy atom. The van der Waals surface area contributed by atoms with Crippen LogP contribution in [0.4, 0.5) is 5.69 Å². The highest BCUT2D eigenvalue weighted by atomic mass is 16.3. The molecule has 1 amide bonds. The summed E-state index contributed by atoms with van der Waals surface area (Å²) in [6.07, 6.45) is 4.30. The molecule has 0 aromatic heterocycles. The van der Waals surface area contributed by atoms with E-state index < -0.39 is 17.7 Å².